The van der Waals surface area contributed by atoms with E-state index in [2.05, 4.69) is 32.8 Å². The van der Waals surface area contributed by atoms with E-state index < -0.39 is 30.1 Å². The first-order valence-corrected chi connectivity index (χ1v) is 22.6. The number of morpholine rings is 1. The van der Waals surface area contributed by atoms with Crippen LogP contribution in [0.1, 0.15) is 97.0 Å². The van der Waals surface area contributed by atoms with Gasteiger partial charge in [-0.05, 0) is 49.2 Å². The Morgan fingerprint density at radius 1 is 0.935 bits per heavy atom. The van der Waals surface area contributed by atoms with Gasteiger partial charge in [0.1, 0.15) is 6.04 Å². The van der Waals surface area contributed by atoms with Crippen LogP contribution in [0.15, 0.2) is 60.1 Å². The van der Waals surface area contributed by atoms with Gasteiger partial charge in [0, 0.05) is 58.5 Å². The van der Waals surface area contributed by atoms with Crippen LogP contribution in [0.4, 0.5) is 4.79 Å². The molecule has 1 aromatic carbocycles. The second-order valence-corrected chi connectivity index (χ2v) is 16.8. The lowest BCUT2D eigenvalue weighted by atomic mass is 9.82. The van der Waals surface area contributed by atoms with Crippen LogP contribution in [0.3, 0.4) is 0 Å². The third-order valence-corrected chi connectivity index (χ3v) is 11.6. The minimum Gasteiger partial charge on any atom is -0.436 e. The number of nitrogens with zero attached hydrogens (tertiary/aromatic N) is 3. The third kappa shape index (κ3) is 18.9. The fourth-order valence-corrected chi connectivity index (χ4v) is 7.86. The van der Waals surface area contributed by atoms with Gasteiger partial charge in [0.2, 0.25) is 23.6 Å². The van der Waals surface area contributed by atoms with Crippen LogP contribution in [-0.4, -0.2) is 129 Å². The summed E-state index contributed by atoms with van der Waals surface area (Å²) in [5.74, 6) is -1.56. The number of carbonyl (C=O) groups is 6. The zero-order valence-electron chi connectivity index (χ0n) is 37.8. The predicted molar refractivity (Wildman–Crippen MR) is 241 cm³/mol. The van der Waals surface area contributed by atoms with E-state index in [-0.39, 0.29) is 68.1 Å². The molecule has 0 radical (unpaired) electrons. The van der Waals surface area contributed by atoms with E-state index in [1.165, 1.54) is 18.4 Å². The molecule has 2 fully saturated rings. The Morgan fingerprint density at radius 3 is 2.27 bits per heavy atom. The van der Waals surface area contributed by atoms with Gasteiger partial charge in [0.15, 0.2) is 6.10 Å². The number of amides is 6. The molecular weight excluding hydrogens is 791 g/mol. The average molecular weight is 864 g/mol. The Labute approximate surface area is 369 Å². The maximum Gasteiger partial charge on any atom is 0.410 e. The average Bonchev–Trinajstić information content (AvgIpc) is 3.27. The van der Waals surface area contributed by atoms with Crippen molar-refractivity contribution in [2.24, 2.45) is 22.7 Å². The molecule has 1 aliphatic carbocycles. The summed E-state index contributed by atoms with van der Waals surface area (Å²) in [5.41, 5.74) is 1.44. The molecule has 1 saturated heterocycles. The van der Waals surface area contributed by atoms with E-state index in [1.807, 2.05) is 51.1 Å². The zero-order valence-corrected chi connectivity index (χ0v) is 37.8. The van der Waals surface area contributed by atoms with Crippen molar-refractivity contribution in [3.8, 4) is 0 Å². The molecular formula is C47H73N7O8. The fraction of sp³-hybridized carbons (Fsp3) is 0.638. The predicted octanol–water partition coefficient (Wildman–Crippen LogP) is 4.75. The Morgan fingerprint density at radius 2 is 1.63 bits per heavy atom. The first kappa shape index (κ1) is 51.3. The SMILES string of the molecule is C=C/C=C\C(CNC(=O)[C@H](CCC)NC(=O)[C@@H](CC[C@H](CC1CCCCC1)NC(=O)CNC(=O)[C@H](Cc1ccccc1)OC(=O)N(C)CCC(=O)N1CCOCC1)C(C)C)=NC. The van der Waals surface area contributed by atoms with E-state index in [1.54, 1.807) is 30.2 Å². The number of allylic oxidation sites excluding steroid dienone is 2. The lowest BCUT2D eigenvalue weighted by Crippen LogP contribution is -2.50. The number of aliphatic imine (C=N–C) groups is 1. The molecule has 1 saturated carbocycles. The summed E-state index contributed by atoms with van der Waals surface area (Å²) in [7, 11) is 3.17. The van der Waals surface area contributed by atoms with Crippen molar-refractivity contribution in [1.82, 2.24) is 31.1 Å². The first-order valence-electron chi connectivity index (χ1n) is 22.6. The standard InChI is InChI=1S/C47H73N7O8/c1-7-9-21-38(48-5)32-49-45(58)40(16-8-2)52-44(57)39(34(3)4)23-22-37(30-35-17-12-10-13-18-35)51-42(55)33-50-46(59)41(31-36-19-14-11-15-20-36)62-47(60)53(6)25-24-43(56)54-26-28-61-29-27-54/h7,9,11,14-15,19-21,34-35,37,39-41H,1,8,10,12-13,16-18,22-33H2,2-6H3,(H,49,58)(H,50,59)(H,51,55)(H,52,57)/b21-9-,48-38?/t37-,39+,40+,41+/m1/s1. The lowest BCUT2D eigenvalue weighted by molar-refractivity contribution is -0.135. The molecule has 6 amide bonds. The van der Waals surface area contributed by atoms with Crippen molar-refractivity contribution >= 4 is 41.3 Å². The smallest absolute Gasteiger partial charge is 0.410 e. The van der Waals surface area contributed by atoms with Crippen molar-refractivity contribution in [2.45, 2.75) is 116 Å². The lowest BCUT2D eigenvalue weighted by Gasteiger charge is -2.29. The highest BCUT2D eigenvalue weighted by atomic mass is 16.6. The molecule has 1 aliphatic heterocycles. The minimum absolute atomic E-state index is 0.0258. The number of hydrogen-bond acceptors (Lipinski definition) is 9. The summed E-state index contributed by atoms with van der Waals surface area (Å²) in [5, 5.41) is 11.8. The van der Waals surface area contributed by atoms with Gasteiger partial charge in [0.25, 0.3) is 5.91 Å². The second-order valence-electron chi connectivity index (χ2n) is 16.8. The Bertz CT molecular complexity index is 1640. The maximum absolute atomic E-state index is 13.8. The number of nitrogens with one attached hydrogen (secondary N) is 4. The molecule has 62 heavy (non-hydrogen) atoms. The number of hydrogen-bond donors (Lipinski definition) is 4. The molecule has 344 valence electrons. The quantitative estimate of drug-likeness (QED) is 0.0801. The van der Waals surface area contributed by atoms with Crippen molar-refractivity contribution in [1.29, 1.82) is 0 Å². The Balaban J connectivity index is 1.64. The molecule has 1 heterocycles. The molecule has 0 unspecified atom stereocenters. The van der Waals surface area contributed by atoms with Gasteiger partial charge < -0.3 is 40.5 Å². The van der Waals surface area contributed by atoms with Crippen molar-refractivity contribution in [2.75, 3.05) is 60.0 Å². The van der Waals surface area contributed by atoms with E-state index in [0.717, 1.165) is 37.7 Å². The van der Waals surface area contributed by atoms with Crippen LogP contribution in [0.25, 0.3) is 0 Å². The van der Waals surface area contributed by atoms with Crippen molar-refractivity contribution in [3.63, 3.8) is 0 Å². The van der Waals surface area contributed by atoms with Gasteiger partial charge in [0.05, 0.1) is 32.0 Å². The van der Waals surface area contributed by atoms with Gasteiger partial charge in [-0.2, -0.15) is 0 Å². The Kier molecular flexibility index (Phi) is 23.6. The molecule has 0 aromatic heterocycles. The molecule has 0 spiro atoms. The highest BCUT2D eigenvalue weighted by Crippen LogP contribution is 2.29. The number of rotatable bonds is 25. The summed E-state index contributed by atoms with van der Waals surface area (Å²) in [4.78, 5) is 87.3. The highest BCUT2D eigenvalue weighted by Gasteiger charge is 2.30. The maximum atomic E-state index is 13.8. The zero-order chi connectivity index (χ0) is 45.3. The van der Waals surface area contributed by atoms with Crippen LogP contribution in [0.5, 0.6) is 0 Å². The number of benzene rings is 1. The summed E-state index contributed by atoms with van der Waals surface area (Å²) in [6, 6.07) is 8.21. The third-order valence-electron chi connectivity index (χ3n) is 11.6. The van der Waals surface area contributed by atoms with Crippen molar-refractivity contribution in [3.05, 3.63) is 60.7 Å². The van der Waals surface area contributed by atoms with Gasteiger partial charge >= 0.3 is 6.09 Å². The van der Waals surface area contributed by atoms with Gasteiger partial charge in [-0.1, -0.05) is 108 Å². The van der Waals surface area contributed by atoms with Crippen molar-refractivity contribution < 1.29 is 38.2 Å². The van der Waals surface area contributed by atoms with Crippen LogP contribution in [0.2, 0.25) is 0 Å². The first-order chi connectivity index (χ1) is 29.8. The van der Waals surface area contributed by atoms with Crippen LogP contribution < -0.4 is 21.3 Å². The summed E-state index contributed by atoms with van der Waals surface area (Å²) in [6.45, 7) is 11.6. The number of ether oxygens (including phenoxy) is 2. The normalized spacial score (nSPS) is 16.7. The Hall–Kier alpha value is -5.05. The molecule has 4 N–H and O–H groups in total. The molecule has 0 bridgehead atoms. The van der Waals surface area contributed by atoms with Gasteiger partial charge in [-0.3, -0.25) is 29.0 Å². The van der Waals surface area contributed by atoms with E-state index >= 15 is 0 Å². The van der Waals surface area contributed by atoms with E-state index in [4.69, 9.17) is 9.47 Å². The molecule has 3 rings (SSSR count). The largest absolute Gasteiger partial charge is 0.436 e. The topological polar surface area (TPSA) is 188 Å². The molecule has 15 heteroatoms. The van der Waals surface area contributed by atoms with Crippen LogP contribution >= 0.6 is 0 Å². The fourth-order valence-electron chi connectivity index (χ4n) is 7.86. The number of carbonyl (C=O) groups excluding carboxylic acids is 6. The summed E-state index contributed by atoms with van der Waals surface area (Å²) < 4.78 is 11.0. The molecule has 15 nitrogen and oxygen atoms in total. The minimum atomic E-state index is -1.23. The van der Waals surface area contributed by atoms with E-state index in [0.29, 0.717) is 63.6 Å². The second kappa shape index (κ2) is 28.5. The van der Waals surface area contributed by atoms with Gasteiger partial charge in [-0.25, -0.2) is 4.79 Å². The monoisotopic (exact) mass is 864 g/mol. The molecule has 2 aliphatic rings. The molecule has 1 aromatic rings. The summed E-state index contributed by atoms with van der Waals surface area (Å²) in [6.07, 6.45) is 11.9. The van der Waals surface area contributed by atoms with Crippen LogP contribution in [0, 0.1) is 17.8 Å². The van der Waals surface area contributed by atoms with E-state index in [9.17, 15) is 28.8 Å². The molecule has 4 atom stereocenters. The van der Waals surface area contributed by atoms with Gasteiger partial charge in [-0.15, -0.1) is 0 Å². The summed E-state index contributed by atoms with van der Waals surface area (Å²) >= 11 is 0. The van der Waals surface area contributed by atoms with Crippen LogP contribution in [-0.2, 0) is 39.9 Å². The highest BCUT2D eigenvalue weighted by molar-refractivity contribution is 5.99.